The Hall–Kier alpha value is -5.06. The van der Waals surface area contributed by atoms with Gasteiger partial charge in [-0.25, -0.2) is 0 Å². The van der Waals surface area contributed by atoms with Crippen molar-refractivity contribution in [3.8, 4) is 6.07 Å². The molecular formula is C30H25F6N5O3. The van der Waals surface area contributed by atoms with Crippen LogP contribution < -0.4 is 21.3 Å². The van der Waals surface area contributed by atoms with Crippen molar-refractivity contribution in [2.24, 2.45) is 11.7 Å². The minimum atomic E-state index is -4.76. The summed E-state index contributed by atoms with van der Waals surface area (Å²) in [5.74, 6) is -6.07. The molecule has 0 bridgehead atoms. The number of halogens is 6. The van der Waals surface area contributed by atoms with Gasteiger partial charge in [0, 0.05) is 12.1 Å². The van der Waals surface area contributed by atoms with Gasteiger partial charge in [-0.1, -0.05) is 42.5 Å². The van der Waals surface area contributed by atoms with Crippen LogP contribution in [0.2, 0.25) is 0 Å². The van der Waals surface area contributed by atoms with Crippen molar-refractivity contribution < 1.29 is 40.7 Å². The Kier molecular flexibility index (Phi) is 9.17. The molecule has 3 aromatic carbocycles. The van der Waals surface area contributed by atoms with E-state index >= 15 is 0 Å². The van der Waals surface area contributed by atoms with E-state index in [4.69, 9.17) is 5.73 Å². The number of hydrogen-bond donors (Lipinski definition) is 3. The molecule has 0 fully saturated rings. The van der Waals surface area contributed by atoms with E-state index in [2.05, 4.69) is 10.6 Å². The Morgan fingerprint density at radius 2 is 1.70 bits per heavy atom. The van der Waals surface area contributed by atoms with Gasteiger partial charge in [0.25, 0.3) is 0 Å². The zero-order chi connectivity index (χ0) is 32.2. The lowest BCUT2D eigenvalue weighted by Crippen LogP contribution is -2.50. The average molecular weight is 618 g/mol. The lowest BCUT2D eigenvalue weighted by molar-refractivity contribution is -0.144. The maximum Gasteiger partial charge on any atom is 0.416 e. The van der Waals surface area contributed by atoms with Gasteiger partial charge in [-0.3, -0.25) is 14.4 Å². The number of nitrogens with one attached hydrogen (secondary N) is 2. The van der Waals surface area contributed by atoms with Crippen molar-refractivity contribution in [2.75, 3.05) is 10.2 Å². The van der Waals surface area contributed by atoms with E-state index in [1.165, 1.54) is 53.4 Å². The van der Waals surface area contributed by atoms with Crippen molar-refractivity contribution in [1.82, 2.24) is 5.32 Å². The normalized spacial score (nSPS) is 16.5. The van der Waals surface area contributed by atoms with Crippen LogP contribution in [0.25, 0.3) is 0 Å². The van der Waals surface area contributed by atoms with Crippen molar-refractivity contribution in [3.05, 3.63) is 89.5 Å². The maximum atomic E-state index is 13.8. The number of carbonyl (C=O) groups excluding carboxylic acids is 3. The lowest BCUT2D eigenvalue weighted by Gasteiger charge is -2.35. The monoisotopic (exact) mass is 617 g/mol. The van der Waals surface area contributed by atoms with Crippen LogP contribution >= 0.6 is 0 Å². The Labute approximate surface area is 247 Å². The van der Waals surface area contributed by atoms with Crippen molar-refractivity contribution in [3.63, 3.8) is 0 Å². The number of primary amides is 1. The summed E-state index contributed by atoms with van der Waals surface area (Å²) in [5, 5.41) is 14.7. The fraction of sp³-hybridized carbons (Fsp3) is 0.267. The Balaban J connectivity index is 1.83. The molecular weight excluding hydrogens is 592 g/mol. The Bertz CT molecular complexity index is 1590. The molecule has 1 aliphatic heterocycles. The predicted octanol–water partition coefficient (Wildman–Crippen LogP) is 5.73. The number of nitrogens with two attached hydrogens (primary N) is 1. The number of anilines is 3. The van der Waals surface area contributed by atoms with Gasteiger partial charge in [0.05, 0.1) is 40.8 Å². The van der Waals surface area contributed by atoms with E-state index < -0.39 is 72.9 Å². The molecule has 0 saturated heterocycles. The summed E-state index contributed by atoms with van der Waals surface area (Å²) in [4.78, 5) is 40.6. The van der Waals surface area contributed by atoms with E-state index in [-0.39, 0.29) is 28.2 Å². The van der Waals surface area contributed by atoms with Crippen LogP contribution in [0.15, 0.2) is 72.8 Å². The Morgan fingerprint density at radius 1 is 1.02 bits per heavy atom. The Morgan fingerprint density at radius 3 is 2.32 bits per heavy atom. The third-order valence-electron chi connectivity index (χ3n) is 7.08. The summed E-state index contributed by atoms with van der Waals surface area (Å²) in [6.07, 6.45) is -13.8. The van der Waals surface area contributed by atoms with Gasteiger partial charge in [-0.15, -0.1) is 0 Å². The first-order valence-electron chi connectivity index (χ1n) is 13.2. The summed E-state index contributed by atoms with van der Waals surface area (Å²) in [5.41, 5.74) is 4.55. The van der Waals surface area contributed by atoms with Gasteiger partial charge in [-0.05, 0) is 42.3 Å². The first-order valence-corrected chi connectivity index (χ1v) is 13.2. The maximum absolute atomic E-state index is 13.8. The molecule has 1 aliphatic rings. The van der Waals surface area contributed by atoms with Crippen LogP contribution in [0.5, 0.6) is 0 Å². The second-order valence-corrected chi connectivity index (χ2v) is 10.1. The topological polar surface area (TPSA) is 128 Å². The largest absolute Gasteiger partial charge is 0.416 e. The second-order valence-electron chi connectivity index (χ2n) is 10.1. The number of amides is 3. The number of fused-ring (bicyclic) bond motifs is 1. The van der Waals surface area contributed by atoms with Crippen LogP contribution in [0.4, 0.5) is 43.4 Å². The number of rotatable bonds is 8. The molecule has 0 aliphatic carbocycles. The lowest BCUT2D eigenvalue weighted by atomic mass is 9.81. The first kappa shape index (κ1) is 31.9. The highest BCUT2D eigenvalue weighted by Crippen LogP contribution is 2.41. The third-order valence-corrected chi connectivity index (χ3v) is 7.08. The van der Waals surface area contributed by atoms with E-state index in [9.17, 15) is 46.0 Å². The van der Waals surface area contributed by atoms with Crippen LogP contribution in [0.1, 0.15) is 41.9 Å². The molecule has 0 radical (unpaired) electrons. The van der Waals surface area contributed by atoms with Crippen molar-refractivity contribution in [1.29, 1.82) is 5.26 Å². The van der Waals surface area contributed by atoms with Crippen molar-refractivity contribution in [2.45, 2.75) is 43.7 Å². The third kappa shape index (κ3) is 7.28. The number of para-hydroxylation sites is 1. The number of hydrogen-bond acceptors (Lipinski definition) is 5. The van der Waals surface area contributed by atoms with E-state index in [1.54, 1.807) is 6.07 Å². The predicted molar refractivity (Wildman–Crippen MR) is 147 cm³/mol. The molecule has 1 unspecified atom stereocenters. The fourth-order valence-corrected chi connectivity index (χ4v) is 5.15. The average Bonchev–Trinajstić information content (AvgIpc) is 3.09. The van der Waals surface area contributed by atoms with Gasteiger partial charge >= 0.3 is 12.4 Å². The first-order chi connectivity index (χ1) is 20.7. The molecule has 3 aromatic rings. The van der Waals surface area contributed by atoms with Gasteiger partial charge < -0.3 is 21.3 Å². The molecule has 230 valence electrons. The SMILES string of the molecule is N#Cc1cccc2c1NC(=O)CC(NC(=O)[C@H](CCC(F)(F)F)[C@@H](C(N)=O)c1ccccc1)N2c1cccc(C(F)(F)F)c1. The quantitative estimate of drug-likeness (QED) is 0.278. The van der Waals surface area contributed by atoms with Gasteiger partial charge in [0.1, 0.15) is 12.2 Å². The molecule has 8 nitrogen and oxygen atoms in total. The minimum absolute atomic E-state index is 0.0271. The summed E-state index contributed by atoms with van der Waals surface area (Å²) in [7, 11) is 0. The molecule has 14 heteroatoms. The number of carbonyl (C=O) groups is 3. The molecule has 3 atom stereocenters. The zero-order valence-corrected chi connectivity index (χ0v) is 22.7. The molecule has 0 spiro atoms. The zero-order valence-electron chi connectivity index (χ0n) is 22.7. The highest BCUT2D eigenvalue weighted by Gasteiger charge is 2.40. The molecule has 0 aromatic heterocycles. The number of nitriles is 1. The smallest absolute Gasteiger partial charge is 0.369 e. The van der Waals surface area contributed by atoms with E-state index in [0.717, 1.165) is 18.2 Å². The number of alkyl halides is 6. The summed E-state index contributed by atoms with van der Waals surface area (Å²) in [6.45, 7) is 0. The molecule has 4 rings (SSSR count). The van der Waals surface area contributed by atoms with Crippen molar-refractivity contribution >= 4 is 34.8 Å². The van der Waals surface area contributed by atoms with E-state index in [0.29, 0.717) is 0 Å². The van der Waals surface area contributed by atoms with Gasteiger partial charge in [-0.2, -0.15) is 31.6 Å². The molecule has 1 heterocycles. The molecule has 3 amide bonds. The van der Waals surface area contributed by atoms with E-state index in [1.807, 2.05) is 6.07 Å². The highest BCUT2D eigenvalue weighted by atomic mass is 19.4. The number of nitrogens with zero attached hydrogens (tertiary/aromatic N) is 2. The summed E-state index contributed by atoms with van der Waals surface area (Å²) < 4.78 is 81.0. The van der Waals surface area contributed by atoms with Gasteiger partial charge in [0.15, 0.2) is 0 Å². The minimum Gasteiger partial charge on any atom is -0.369 e. The number of benzene rings is 3. The summed E-state index contributed by atoms with van der Waals surface area (Å²) >= 11 is 0. The van der Waals surface area contributed by atoms with Crippen LogP contribution in [0.3, 0.4) is 0 Å². The summed E-state index contributed by atoms with van der Waals surface area (Å²) in [6, 6.07) is 17.5. The fourth-order valence-electron chi connectivity index (χ4n) is 5.15. The highest BCUT2D eigenvalue weighted by molar-refractivity contribution is 6.00. The molecule has 44 heavy (non-hydrogen) atoms. The van der Waals surface area contributed by atoms with Crippen LogP contribution in [-0.4, -0.2) is 30.1 Å². The van der Waals surface area contributed by atoms with Crippen LogP contribution in [-0.2, 0) is 20.6 Å². The van der Waals surface area contributed by atoms with Gasteiger partial charge in [0.2, 0.25) is 17.7 Å². The van der Waals surface area contributed by atoms with Crippen LogP contribution in [0, 0.1) is 17.2 Å². The molecule has 4 N–H and O–H groups in total. The molecule has 0 saturated carbocycles. The standard InChI is InChI=1S/C30H25F6N5O3/c31-29(32,33)13-12-21(25(27(38)43)17-6-2-1-3-7-17)28(44)39-23-15-24(42)40-26-18(16-37)8-4-11-22(26)41(23)20-10-5-9-19(14-20)30(34,35)36/h1-11,14,21,23,25H,12-13,15H2,(H2,38,43)(H,39,44)(H,40,42)/t21-,23?,25+/m1/s1. The second kappa shape index (κ2) is 12.7.